The summed E-state index contributed by atoms with van der Waals surface area (Å²) in [6.45, 7) is 0. The van der Waals surface area contributed by atoms with E-state index in [1.54, 1.807) is 0 Å². The molecule has 0 amide bonds. The molecule has 0 saturated heterocycles. The fourth-order valence-electron chi connectivity index (χ4n) is 3.59. The molecule has 122 valence electrons. The predicted molar refractivity (Wildman–Crippen MR) is 104 cm³/mol. The Morgan fingerprint density at radius 3 is 1.85 bits per heavy atom. The van der Waals surface area contributed by atoms with Crippen molar-refractivity contribution < 1.29 is 4.79 Å². The highest BCUT2D eigenvalue weighted by atomic mass is 16.1. The van der Waals surface area contributed by atoms with E-state index in [-0.39, 0.29) is 5.78 Å². The zero-order chi connectivity index (χ0) is 17.5. The minimum absolute atomic E-state index is 0.0570. The van der Waals surface area contributed by atoms with Gasteiger partial charge in [-0.15, -0.1) is 0 Å². The van der Waals surface area contributed by atoms with E-state index in [0.717, 1.165) is 39.2 Å². The average molecular weight is 333 g/mol. The van der Waals surface area contributed by atoms with E-state index < -0.39 is 0 Å². The first-order valence-electron chi connectivity index (χ1n) is 8.63. The number of ketones is 1. The molecule has 0 fully saturated rings. The minimum atomic E-state index is 0.0570. The molecule has 0 bridgehead atoms. The van der Waals surface area contributed by atoms with Crippen LogP contribution in [0.5, 0.6) is 0 Å². The van der Waals surface area contributed by atoms with Crippen LogP contribution in [0.4, 0.5) is 0 Å². The van der Waals surface area contributed by atoms with Crippen LogP contribution in [0.1, 0.15) is 15.9 Å². The molecule has 0 saturated carbocycles. The smallest absolute Gasteiger partial charge is 0.196 e. The molecule has 0 aliphatic heterocycles. The molecule has 1 aliphatic carbocycles. The number of carbonyl (C=O) groups excluding carboxylic acids is 1. The van der Waals surface area contributed by atoms with Crippen molar-refractivity contribution in [3.05, 3.63) is 102 Å². The molecule has 26 heavy (non-hydrogen) atoms. The van der Waals surface area contributed by atoms with Crippen molar-refractivity contribution >= 4 is 5.78 Å². The third-order valence-corrected chi connectivity index (χ3v) is 4.83. The highest BCUT2D eigenvalue weighted by Gasteiger charge is 2.31. The maximum Gasteiger partial charge on any atom is 0.196 e. The van der Waals surface area contributed by atoms with Gasteiger partial charge < -0.3 is 0 Å². The third-order valence-electron chi connectivity index (χ3n) is 4.83. The van der Waals surface area contributed by atoms with Gasteiger partial charge >= 0.3 is 0 Å². The van der Waals surface area contributed by atoms with Crippen molar-refractivity contribution in [1.29, 1.82) is 0 Å². The van der Waals surface area contributed by atoms with Crippen molar-refractivity contribution in [2.24, 2.45) is 0 Å². The second-order valence-electron chi connectivity index (χ2n) is 6.39. The van der Waals surface area contributed by atoms with Gasteiger partial charge in [0.25, 0.3) is 0 Å². The van der Waals surface area contributed by atoms with Gasteiger partial charge in [-0.2, -0.15) is 0 Å². The van der Waals surface area contributed by atoms with E-state index in [1.807, 2.05) is 91.0 Å². The van der Waals surface area contributed by atoms with Crippen LogP contribution in [0.25, 0.3) is 33.6 Å². The fraction of sp³-hybridized carbons (Fsp3) is 0. The van der Waals surface area contributed by atoms with E-state index >= 15 is 0 Å². The highest BCUT2D eigenvalue weighted by molar-refractivity contribution is 6.24. The molecule has 1 aromatic heterocycles. The van der Waals surface area contributed by atoms with E-state index in [9.17, 15) is 4.79 Å². The summed E-state index contributed by atoms with van der Waals surface area (Å²) in [6, 6.07) is 29.9. The molecule has 0 radical (unpaired) electrons. The van der Waals surface area contributed by atoms with Crippen molar-refractivity contribution in [1.82, 2.24) is 4.98 Å². The Balaban J connectivity index is 1.85. The molecule has 0 unspecified atom stereocenters. The second kappa shape index (κ2) is 5.78. The Kier molecular flexibility index (Phi) is 3.29. The third kappa shape index (κ3) is 2.20. The summed E-state index contributed by atoms with van der Waals surface area (Å²) in [5.74, 6) is 0.0570. The van der Waals surface area contributed by atoms with Crippen LogP contribution in [0.3, 0.4) is 0 Å². The number of carbonyl (C=O) groups is 1. The zero-order valence-corrected chi connectivity index (χ0v) is 14.0. The molecular weight excluding hydrogens is 318 g/mol. The van der Waals surface area contributed by atoms with Crippen LogP contribution in [-0.4, -0.2) is 10.8 Å². The Hall–Kier alpha value is -3.52. The number of benzene rings is 3. The van der Waals surface area contributed by atoms with E-state index in [4.69, 9.17) is 4.98 Å². The van der Waals surface area contributed by atoms with Gasteiger partial charge in [-0.05, 0) is 17.2 Å². The lowest BCUT2D eigenvalue weighted by Crippen LogP contribution is -2.00. The Bertz CT molecular complexity index is 1130. The van der Waals surface area contributed by atoms with Crippen LogP contribution < -0.4 is 0 Å². The molecule has 3 aromatic carbocycles. The minimum Gasteiger partial charge on any atom is -0.288 e. The summed E-state index contributed by atoms with van der Waals surface area (Å²) in [6.07, 6.45) is 0. The highest BCUT2D eigenvalue weighted by Crippen LogP contribution is 2.42. The van der Waals surface area contributed by atoms with Crippen molar-refractivity contribution in [2.75, 3.05) is 0 Å². The first-order valence-corrected chi connectivity index (χ1v) is 8.63. The molecule has 1 aliphatic rings. The molecule has 4 aromatic rings. The van der Waals surface area contributed by atoms with Gasteiger partial charge in [-0.1, -0.05) is 84.9 Å². The van der Waals surface area contributed by atoms with Crippen LogP contribution in [0.2, 0.25) is 0 Å². The van der Waals surface area contributed by atoms with Gasteiger partial charge in [0.05, 0.1) is 17.0 Å². The van der Waals surface area contributed by atoms with Crippen LogP contribution in [0, 0.1) is 0 Å². The quantitative estimate of drug-likeness (QED) is 0.419. The predicted octanol–water partition coefficient (Wildman–Crippen LogP) is 5.63. The first kappa shape index (κ1) is 14.8. The lowest BCUT2D eigenvalue weighted by atomic mass is 9.96. The average Bonchev–Trinajstić information content (AvgIpc) is 3.01. The summed E-state index contributed by atoms with van der Waals surface area (Å²) in [4.78, 5) is 18.0. The Labute approximate surface area is 151 Å². The van der Waals surface area contributed by atoms with E-state index in [1.165, 1.54) is 0 Å². The maximum absolute atomic E-state index is 13.1. The number of rotatable bonds is 2. The van der Waals surface area contributed by atoms with Gasteiger partial charge in [-0.25, -0.2) is 4.98 Å². The molecule has 0 atom stereocenters. The molecule has 0 spiro atoms. The van der Waals surface area contributed by atoms with Gasteiger partial charge in [0.1, 0.15) is 0 Å². The lowest BCUT2D eigenvalue weighted by Gasteiger charge is -2.11. The SMILES string of the molecule is O=C1c2ccccc2-c2nc(-c3ccccc3)cc(-c3ccccc3)c21. The van der Waals surface area contributed by atoms with Gasteiger partial charge in [-0.3, -0.25) is 4.79 Å². The topological polar surface area (TPSA) is 30.0 Å². The summed E-state index contributed by atoms with van der Waals surface area (Å²) in [5, 5.41) is 0. The van der Waals surface area contributed by atoms with E-state index in [2.05, 4.69) is 0 Å². The zero-order valence-electron chi connectivity index (χ0n) is 14.0. The number of nitrogens with zero attached hydrogens (tertiary/aromatic N) is 1. The lowest BCUT2D eigenvalue weighted by molar-refractivity contribution is 0.104. The Morgan fingerprint density at radius 1 is 0.577 bits per heavy atom. The van der Waals surface area contributed by atoms with Crippen LogP contribution in [0.15, 0.2) is 91.0 Å². The van der Waals surface area contributed by atoms with Gasteiger partial charge in [0.2, 0.25) is 0 Å². The maximum atomic E-state index is 13.1. The van der Waals surface area contributed by atoms with Crippen molar-refractivity contribution in [3.63, 3.8) is 0 Å². The molecule has 2 heteroatoms. The summed E-state index contributed by atoms with van der Waals surface area (Å²) < 4.78 is 0. The molecule has 2 nitrogen and oxygen atoms in total. The number of aromatic nitrogens is 1. The summed E-state index contributed by atoms with van der Waals surface area (Å²) in [5.41, 5.74) is 7.04. The number of hydrogen-bond acceptors (Lipinski definition) is 2. The van der Waals surface area contributed by atoms with Gasteiger partial charge in [0.15, 0.2) is 5.78 Å². The van der Waals surface area contributed by atoms with Crippen LogP contribution >= 0.6 is 0 Å². The van der Waals surface area contributed by atoms with Crippen molar-refractivity contribution in [3.8, 4) is 33.6 Å². The molecular formula is C24H15NO. The standard InChI is InChI=1S/C24H15NO/c26-24-19-14-8-7-13-18(19)23-22(24)20(16-9-3-1-4-10-16)15-21(25-23)17-11-5-2-6-12-17/h1-15H. The summed E-state index contributed by atoms with van der Waals surface area (Å²) in [7, 11) is 0. The molecule has 0 N–H and O–H groups in total. The summed E-state index contributed by atoms with van der Waals surface area (Å²) >= 11 is 0. The first-order chi connectivity index (χ1) is 12.8. The van der Waals surface area contributed by atoms with Gasteiger partial charge in [0, 0.05) is 16.7 Å². The van der Waals surface area contributed by atoms with E-state index in [0.29, 0.717) is 5.56 Å². The monoisotopic (exact) mass is 333 g/mol. The fourth-order valence-corrected chi connectivity index (χ4v) is 3.59. The molecule has 1 heterocycles. The normalized spacial score (nSPS) is 11.9. The second-order valence-corrected chi connectivity index (χ2v) is 6.39. The Morgan fingerprint density at radius 2 is 1.15 bits per heavy atom. The largest absolute Gasteiger partial charge is 0.288 e. The van der Waals surface area contributed by atoms with Crippen LogP contribution in [-0.2, 0) is 0 Å². The van der Waals surface area contributed by atoms with Crippen molar-refractivity contribution in [2.45, 2.75) is 0 Å². The number of pyridine rings is 1. The number of hydrogen-bond donors (Lipinski definition) is 0. The molecule has 5 rings (SSSR count). The number of fused-ring (bicyclic) bond motifs is 3.